The summed E-state index contributed by atoms with van der Waals surface area (Å²) in [4.78, 5) is 28.0. The lowest BCUT2D eigenvalue weighted by Crippen LogP contribution is -2.23. The maximum Gasteiger partial charge on any atom is 0.244 e. The highest BCUT2D eigenvalue weighted by Crippen LogP contribution is 2.11. The van der Waals surface area contributed by atoms with Crippen molar-refractivity contribution < 1.29 is 9.21 Å². The van der Waals surface area contributed by atoms with Crippen molar-refractivity contribution in [2.24, 2.45) is 0 Å². The van der Waals surface area contributed by atoms with E-state index in [1.54, 1.807) is 36.8 Å². The maximum absolute atomic E-state index is 12.3. The molecule has 0 aliphatic carbocycles. The minimum Gasteiger partial charge on any atom is -0.463 e. The molecule has 0 saturated carbocycles. The number of benzene rings is 1. The lowest BCUT2D eigenvalue weighted by Gasteiger charge is -2.03. The monoisotopic (exact) mass is 323 g/mol. The zero-order valence-corrected chi connectivity index (χ0v) is 13.0. The largest absolute Gasteiger partial charge is 0.463 e. The van der Waals surface area contributed by atoms with Crippen LogP contribution in [0, 0.1) is 0 Å². The zero-order valence-electron chi connectivity index (χ0n) is 13.0. The van der Waals surface area contributed by atoms with Crippen LogP contribution in [-0.2, 0) is 11.3 Å². The van der Waals surface area contributed by atoms with Crippen molar-refractivity contribution in [1.29, 1.82) is 0 Å². The third kappa shape index (κ3) is 3.78. The lowest BCUT2D eigenvalue weighted by atomic mass is 10.1. The number of aryl methyl sites for hydroxylation is 1. The first-order chi connectivity index (χ1) is 11.7. The molecule has 1 aromatic carbocycles. The highest BCUT2D eigenvalue weighted by atomic mass is 16.3. The van der Waals surface area contributed by atoms with Gasteiger partial charge in [0, 0.05) is 31.6 Å². The van der Waals surface area contributed by atoms with E-state index < -0.39 is 0 Å². The fourth-order valence-corrected chi connectivity index (χ4v) is 2.32. The lowest BCUT2D eigenvalue weighted by molar-refractivity contribution is -0.116. The van der Waals surface area contributed by atoms with Crippen molar-refractivity contribution in [1.82, 2.24) is 14.9 Å². The van der Waals surface area contributed by atoms with Crippen molar-refractivity contribution in [2.75, 3.05) is 6.54 Å². The summed E-state index contributed by atoms with van der Waals surface area (Å²) in [5, 5.41) is 3.28. The van der Waals surface area contributed by atoms with E-state index in [4.69, 9.17) is 4.42 Å². The van der Waals surface area contributed by atoms with E-state index >= 15 is 0 Å². The Morgan fingerprint density at radius 2 is 2.21 bits per heavy atom. The summed E-state index contributed by atoms with van der Waals surface area (Å²) in [6, 6.07) is 7.02. The molecule has 2 aromatic heterocycles. The summed E-state index contributed by atoms with van der Waals surface area (Å²) in [6.07, 6.45) is 10.3. The molecule has 0 radical (unpaired) electrons. The summed E-state index contributed by atoms with van der Waals surface area (Å²) >= 11 is 0. The van der Waals surface area contributed by atoms with Crippen molar-refractivity contribution in [3.63, 3.8) is 0 Å². The Labute approximate surface area is 138 Å². The van der Waals surface area contributed by atoms with E-state index in [9.17, 15) is 9.59 Å². The third-order valence-corrected chi connectivity index (χ3v) is 3.57. The van der Waals surface area contributed by atoms with Gasteiger partial charge in [-0.1, -0.05) is 12.1 Å². The Bertz CT molecular complexity index is 911. The molecule has 0 spiro atoms. The average molecular weight is 323 g/mol. The standard InChI is InChI=1S/C18H17N3O3/c22-17(20-8-3-10-21-11-9-19-13-21)7-6-14-12-24-16-5-2-1-4-15(16)18(14)23/h1-2,4-7,9,11-13H,3,8,10H2,(H,20,22)/b7-6+. The summed E-state index contributed by atoms with van der Waals surface area (Å²) in [6.45, 7) is 1.34. The molecule has 0 fully saturated rings. The number of carbonyl (C=O) groups is 1. The van der Waals surface area contributed by atoms with Crippen LogP contribution < -0.4 is 10.7 Å². The van der Waals surface area contributed by atoms with Gasteiger partial charge in [0.1, 0.15) is 11.8 Å². The highest BCUT2D eigenvalue weighted by Gasteiger charge is 2.04. The van der Waals surface area contributed by atoms with Crippen LogP contribution in [0.15, 0.2) is 64.5 Å². The molecule has 2 heterocycles. The van der Waals surface area contributed by atoms with Crippen LogP contribution in [-0.4, -0.2) is 22.0 Å². The van der Waals surface area contributed by atoms with E-state index in [-0.39, 0.29) is 11.3 Å². The number of carbonyl (C=O) groups excluding carboxylic acids is 1. The van der Waals surface area contributed by atoms with E-state index in [2.05, 4.69) is 10.3 Å². The minimum atomic E-state index is -0.242. The number of hydrogen-bond donors (Lipinski definition) is 1. The molecule has 1 amide bonds. The van der Waals surface area contributed by atoms with Crippen molar-refractivity contribution in [3.05, 3.63) is 71.1 Å². The fraction of sp³-hybridized carbons (Fsp3) is 0.167. The molecule has 24 heavy (non-hydrogen) atoms. The zero-order chi connectivity index (χ0) is 16.8. The van der Waals surface area contributed by atoms with Crippen molar-refractivity contribution in [3.8, 4) is 0 Å². The van der Waals surface area contributed by atoms with Gasteiger partial charge in [-0.2, -0.15) is 0 Å². The molecular formula is C18H17N3O3. The normalized spacial score (nSPS) is 11.2. The maximum atomic E-state index is 12.3. The van der Waals surface area contributed by atoms with Gasteiger partial charge < -0.3 is 14.3 Å². The van der Waals surface area contributed by atoms with Gasteiger partial charge in [-0.3, -0.25) is 9.59 Å². The Balaban J connectivity index is 1.56. The van der Waals surface area contributed by atoms with Crippen molar-refractivity contribution >= 4 is 23.0 Å². The second-order valence-corrected chi connectivity index (χ2v) is 5.29. The van der Waals surface area contributed by atoms with Gasteiger partial charge in [-0.15, -0.1) is 0 Å². The first-order valence-electron chi connectivity index (χ1n) is 7.66. The molecule has 0 aliphatic heterocycles. The number of rotatable bonds is 6. The number of fused-ring (bicyclic) bond motifs is 1. The number of hydrogen-bond acceptors (Lipinski definition) is 4. The quantitative estimate of drug-likeness (QED) is 0.557. The predicted molar refractivity (Wildman–Crippen MR) is 91.4 cm³/mol. The Hall–Kier alpha value is -3.15. The van der Waals surface area contributed by atoms with Gasteiger partial charge in [-0.05, 0) is 24.6 Å². The van der Waals surface area contributed by atoms with E-state index in [0.29, 0.717) is 23.1 Å². The number of amides is 1. The van der Waals surface area contributed by atoms with Crippen LogP contribution in [0.25, 0.3) is 17.0 Å². The number of nitrogens with zero attached hydrogens (tertiary/aromatic N) is 2. The van der Waals surface area contributed by atoms with E-state index in [1.807, 2.05) is 10.8 Å². The molecule has 0 atom stereocenters. The summed E-state index contributed by atoms with van der Waals surface area (Å²) < 4.78 is 7.35. The minimum absolute atomic E-state index is 0.152. The number of nitrogens with one attached hydrogen (secondary N) is 1. The van der Waals surface area contributed by atoms with Crippen LogP contribution >= 0.6 is 0 Å². The summed E-state index contributed by atoms with van der Waals surface area (Å²) in [7, 11) is 0. The van der Waals surface area contributed by atoms with Crippen LogP contribution in [0.3, 0.4) is 0 Å². The smallest absolute Gasteiger partial charge is 0.244 e. The van der Waals surface area contributed by atoms with Crippen LogP contribution in [0.5, 0.6) is 0 Å². The molecule has 6 nitrogen and oxygen atoms in total. The number of aromatic nitrogens is 2. The molecule has 3 rings (SSSR count). The van der Waals surface area contributed by atoms with Gasteiger partial charge >= 0.3 is 0 Å². The topological polar surface area (TPSA) is 77.1 Å². The van der Waals surface area contributed by atoms with Crippen LogP contribution in [0.4, 0.5) is 0 Å². The number of para-hydroxylation sites is 1. The van der Waals surface area contributed by atoms with Gasteiger partial charge in [0.2, 0.25) is 5.91 Å². The van der Waals surface area contributed by atoms with E-state index in [1.165, 1.54) is 18.4 Å². The fourth-order valence-electron chi connectivity index (χ4n) is 2.32. The Kier molecular flexibility index (Phi) is 4.86. The van der Waals surface area contributed by atoms with Gasteiger partial charge in [0.15, 0.2) is 5.43 Å². The first kappa shape index (κ1) is 15.7. The second-order valence-electron chi connectivity index (χ2n) is 5.29. The van der Waals surface area contributed by atoms with Crippen LogP contribution in [0.2, 0.25) is 0 Å². The second kappa shape index (κ2) is 7.41. The molecule has 1 N–H and O–H groups in total. The van der Waals surface area contributed by atoms with Gasteiger partial charge in [-0.25, -0.2) is 4.98 Å². The predicted octanol–water partition coefficient (Wildman–Crippen LogP) is 2.21. The SMILES string of the molecule is O=C(/C=C/c1coc2ccccc2c1=O)NCCCn1ccnc1. The first-order valence-corrected chi connectivity index (χ1v) is 7.66. The Morgan fingerprint density at radius 1 is 1.33 bits per heavy atom. The third-order valence-electron chi connectivity index (χ3n) is 3.57. The molecule has 0 unspecified atom stereocenters. The molecule has 0 bridgehead atoms. The molecule has 0 saturated heterocycles. The van der Waals surface area contributed by atoms with Crippen molar-refractivity contribution in [2.45, 2.75) is 13.0 Å². The Morgan fingerprint density at radius 3 is 3.04 bits per heavy atom. The van der Waals surface area contributed by atoms with Gasteiger partial charge in [0.25, 0.3) is 0 Å². The highest BCUT2D eigenvalue weighted by molar-refractivity contribution is 5.92. The summed E-state index contributed by atoms with van der Waals surface area (Å²) in [5.74, 6) is -0.242. The number of imidazole rings is 1. The van der Waals surface area contributed by atoms with Crippen LogP contribution in [0.1, 0.15) is 12.0 Å². The summed E-state index contributed by atoms with van der Waals surface area (Å²) in [5.41, 5.74) is 0.729. The molecule has 122 valence electrons. The average Bonchev–Trinajstić information content (AvgIpc) is 3.12. The molecule has 6 heteroatoms. The van der Waals surface area contributed by atoms with E-state index in [0.717, 1.165) is 13.0 Å². The molecular weight excluding hydrogens is 306 g/mol. The molecule has 3 aromatic rings. The van der Waals surface area contributed by atoms with Gasteiger partial charge in [0.05, 0.1) is 17.3 Å². The molecule has 0 aliphatic rings.